The van der Waals surface area contributed by atoms with E-state index in [9.17, 15) is 14.9 Å². The quantitative estimate of drug-likeness (QED) is 0.754. The number of amides is 1. The maximum absolute atomic E-state index is 12.1. The van der Waals surface area contributed by atoms with Gasteiger partial charge in [-0.1, -0.05) is 0 Å². The summed E-state index contributed by atoms with van der Waals surface area (Å²) in [5, 5.41) is 12.1. The van der Waals surface area contributed by atoms with Crippen LogP contribution in [0.25, 0.3) is 0 Å². The predicted molar refractivity (Wildman–Crippen MR) is 76.1 cm³/mol. The van der Waals surface area contributed by atoms with Crippen LogP contribution in [0.1, 0.15) is 32.6 Å². The molecule has 0 aromatic heterocycles. The number of piperidine rings is 1. The second-order valence-corrected chi connectivity index (χ2v) is 6.23. The number of hydrogen-bond donors (Lipinski definition) is 1. The van der Waals surface area contributed by atoms with Gasteiger partial charge in [0.25, 0.3) is 0 Å². The number of likely N-dealkylation sites (tertiary alicyclic amines) is 1. The van der Waals surface area contributed by atoms with Gasteiger partial charge in [0.15, 0.2) is 0 Å². The van der Waals surface area contributed by atoms with Gasteiger partial charge < -0.3 is 10.1 Å². The van der Waals surface area contributed by atoms with Crippen molar-refractivity contribution in [3.05, 3.63) is 0 Å². The molecule has 116 valence electrons. The van der Waals surface area contributed by atoms with E-state index in [0.29, 0.717) is 6.54 Å². The molecule has 1 unspecified atom stereocenters. The fraction of sp³-hybridized carbons (Fsp3) is 0.800. The van der Waals surface area contributed by atoms with Crippen molar-refractivity contribution in [3.8, 4) is 6.07 Å². The molecule has 1 aliphatic carbocycles. The topological polar surface area (TPSA) is 82.4 Å². The Labute approximate surface area is 125 Å². The SMILES string of the molecule is COC(=O)[C@H]1CCCN(CC(=O)NC(C)(C#N)C2CC2)C1. The predicted octanol–water partition coefficient (Wildman–Crippen LogP) is 0.680. The molecular formula is C15H23N3O3. The largest absolute Gasteiger partial charge is 0.469 e. The Hall–Kier alpha value is -1.61. The highest BCUT2D eigenvalue weighted by Crippen LogP contribution is 2.39. The van der Waals surface area contributed by atoms with Crippen molar-refractivity contribution in [1.82, 2.24) is 10.2 Å². The zero-order chi connectivity index (χ0) is 15.5. The number of rotatable bonds is 5. The van der Waals surface area contributed by atoms with Gasteiger partial charge in [-0.25, -0.2) is 0 Å². The molecule has 2 atom stereocenters. The van der Waals surface area contributed by atoms with E-state index in [1.54, 1.807) is 6.92 Å². The zero-order valence-corrected chi connectivity index (χ0v) is 12.7. The van der Waals surface area contributed by atoms with Crippen LogP contribution in [0.15, 0.2) is 0 Å². The van der Waals surface area contributed by atoms with E-state index in [4.69, 9.17) is 4.74 Å². The molecule has 1 saturated heterocycles. The molecule has 1 N–H and O–H groups in total. The Bertz CT molecular complexity index is 456. The highest BCUT2D eigenvalue weighted by molar-refractivity contribution is 5.79. The summed E-state index contributed by atoms with van der Waals surface area (Å²) in [6, 6.07) is 2.22. The smallest absolute Gasteiger partial charge is 0.309 e. The maximum Gasteiger partial charge on any atom is 0.309 e. The molecule has 1 amide bonds. The summed E-state index contributed by atoms with van der Waals surface area (Å²) in [7, 11) is 1.39. The summed E-state index contributed by atoms with van der Waals surface area (Å²) < 4.78 is 4.77. The van der Waals surface area contributed by atoms with Gasteiger partial charge in [-0.2, -0.15) is 5.26 Å². The molecule has 0 aromatic rings. The van der Waals surface area contributed by atoms with Crippen molar-refractivity contribution in [3.63, 3.8) is 0 Å². The van der Waals surface area contributed by atoms with Crippen molar-refractivity contribution in [2.75, 3.05) is 26.7 Å². The van der Waals surface area contributed by atoms with Crippen molar-refractivity contribution < 1.29 is 14.3 Å². The van der Waals surface area contributed by atoms with E-state index in [2.05, 4.69) is 11.4 Å². The zero-order valence-electron chi connectivity index (χ0n) is 12.7. The van der Waals surface area contributed by atoms with Crippen LogP contribution in [0.2, 0.25) is 0 Å². The second kappa shape index (κ2) is 6.44. The first-order valence-electron chi connectivity index (χ1n) is 7.51. The number of nitriles is 1. The van der Waals surface area contributed by atoms with E-state index in [0.717, 1.165) is 32.2 Å². The normalized spacial score (nSPS) is 25.5. The van der Waals surface area contributed by atoms with Crippen LogP contribution in [0, 0.1) is 23.2 Å². The summed E-state index contributed by atoms with van der Waals surface area (Å²) >= 11 is 0. The minimum Gasteiger partial charge on any atom is -0.469 e. The van der Waals surface area contributed by atoms with Crippen molar-refractivity contribution in [1.29, 1.82) is 5.26 Å². The lowest BCUT2D eigenvalue weighted by molar-refractivity contribution is -0.147. The fourth-order valence-electron chi connectivity index (χ4n) is 2.97. The minimum absolute atomic E-state index is 0.142. The lowest BCUT2D eigenvalue weighted by Crippen LogP contribution is -2.51. The van der Waals surface area contributed by atoms with E-state index in [1.165, 1.54) is 7.11 Å². The lowest BCUT2D eigenvalue weighted by atomic mass is 9.97. The van der Waals surface area contributed by atoms with Crippen molar-refractivity contribution in [2.24, 2.45) is 11.8 Å². The summed E-state index contributed by atoms with van der Waals surface area (Å²) in [4.78, 5) is 25.7. The van der Waals surface area contributed by atoms with Crippen molar-refractivity contribution >= 4 is 11.9 Å². The highest BCUT2D eigenvalue weighted by Gasteiger charge is 2.43. The van der Waals surface area contributed by atoms with Crippen LogP contribution in [0.5, 0.6) is 0 Å². The van der Waals surface area contributed by atoms with Crippen molar-refractivity contribution in [2.45, 2.75) is 38.1 Å². The first-order chi connectivity index (χ1) is 9.98. The molecule has 2 aliphatic rings. The molecule has 6 heteroatoms. The Morgan fingerprint density at radius 3 is 2.71 bits per heavy atom. The number of hydrogen-bond acceptors (Lipinski definition) is 5. The van der Waals surface area contributed by atoms with Gasteiger partial charge in [-0.05, 0) is 45.1 Å². The Morgan fingerprint density at radius 2 is 2.14 bits per heavy atom. The average Bonchev–Trinajstić information content (AvgIpc) is 3.31. The van der Waals surface area contributed by atoms with Crippen LogP contribution >= 0.6 is 0 Å². The molecule has 0 bridgehead atoms. The Balaban J connectivity index is 1.85. The third-order valence-corrected chi connectivity index (χ3v) is 4.43. The number of methoxy groups -OCH3 is 1. The number of nitrogens with zero attached hydrogens (tertiary/aromatic N) is 2. The van der Waals surface area contributed by atoms with Gasteiger partial charge >= 0.3 is 5.97 Å². The van der Waals surface area contributed by atoms with Gasteiger partial charge in [0.1, 0.15) is 5.54 Å². The molecule has 6 nitrogen and oxygen atoms in total. The molecule has 2 fully saturated rings. The maximum atomic E-state index is 12.1. The summed E-state index contributed by atoms with van der Waals surface area (Å²) in [5.41, 5.74) is -0.755. The summed E-state index contributed by atoms with van der Waals surface area (Å²) in [5.74, 6) is -0.227. The van der Waals surface area contributed by atoms with E-state index in [-0.39, 0.29) is 30.3 Å². The highest BCUT2D eigenvalue weighted by atomic mass is 16.5. The molecule has 21 heavy (non-hydrogen) atoms. The first-order valence-corrected chi connectivity index (χ1v) is 7.51. The second-order valence-electron chi connectivity index (χ2n) is 6.23. The van der Waals surface area contributed by atoms with Crippen LogP contribution in [-0.2, 0) is 14.3 Å². The van der Waals surface area contributed by atoms with Crippen LogP contribution < -0.4 is 5.32 Å². The van der Waals surface area contributed by atoms with Crippen LogP contribution in [0.3, 0.4) is 0 Å². The monoisotopic (exact) mass is 293 g/mol. The molecule has 0 radical (unpaired) electrons. The lowest BCUT2D eigenvalue weighted by Gasteiger charge is -2.32. The summed E-state index contributed by atoms with van der Waals surface area (Å²) in [6.45, 7) is 3.37. The van der Waals surface area contributed by atoms with Gasteiger partial charge in [-0.3, -0.25) is 14.5 Å². The van der Waals surface area contributed by atoms with Gasteiger partial charge in [0.05, 0.1) is 25.6 Å². The van der Waals surface area contributed by atoms with Gasteiger partial charge in [0, 0.05) is 6.54 Å². The van der Waals surface area contributed by atoms with E-state index in [1.807, 2.05) is 4.90 Å². The molecule has 1 aliphatic heterocycles. The molecule has 0 spiro atoms. The van der Waals surface area contributed by atoms with E-state index >= 15 is 0 Å². The average molecular weight is 293 g/mol. The third kappa shape index (κ3) is 3.94. The van der Waals surface area contributed by atoms with Gasteiger partial charge in [0.2, 0.25) is 5.91 Å². The molecule has 2 rings (SSSR count). The van der Waals surface area contributed by atoms with Crippen LogP contribution in [-0.4, -0.2) is 49.1 Å². The molecule has 1 heterocycles. The number of carbonyl (C=O) groups excluding carboxylic acids is 2. The first kappa shape index (κ1) is 15.8. The number of nitrogens with one attached hydrogen (secondary N) is 1. The Kier molecular flexibility index (Phi) is 4.84. The molecular weight excluding hydrogens is 270 g/mol. The number of ether oxygens (including phenoxy) is 1. The summed E-state index contributed by atoms with van der Waals surface area (Å²) in [6.07, 6.45) is 3.69. The van der Waals surface area contributed by atoms with Gasteiger partial charge in [-0.15, -0.1) is 0 Å². The molecule has 1 saturated carbocycles. The standard InChI is InChI=1S/C15H23N3O3/c1-15(10-16,12-5-6-12)17-13(19)9-18-7-3-4-11(8-18)14(20)21-2/h11-12H,3-9H2,1-2H3,(H,17,19)/t11-,15?/m0/s1. The minimum atomic E-state index is -0.755. The fourth-order valence-corrected chi connectivity index (χ4v) is 2.97. The number of esters is 1. The molecule has 0 aromatic carbocycles. The van der Waals surface area contributed by atoms with E-state index < -0.39 is 5.54 Å². The third-order valence-electron chi connectivity index (χ3n) is 4.43. The van der Waals surface area contributed by atoms with Crippen LogP contribution in [0.4, 0.5) is 0 Å². The Morgan fingerprint density at radius 1 is 1.43 bits per heavy atom. The number of carbonyl (C=O) groups is 2.